The molecule has 1 heterocycles. The van der Waals surface area contributed by atoms with Crippen LogP contribution in [-0.4, -0.2) is 29.3 Å². The first-order valence-corrected chi connectivity index (χ1v) is 9.33. The number of ether oxygens (including phenoxy) is 2. The molecule has 0 radical (unpaired) electrons. The van der Waals surface area contributed by atoms with Crippen LogP contribution >= 0.6 is 24.0 Å². The van der Waals surface area contributed by atoms with E-state index in [2.05, 4.69) is 0 Å². The lowest BCUT2D eigenvalue weighted by Gasteiger charge is -2.17. The lowest BCUT2D eigenvalue weighted by Crippen LogP contribution is -2.22. The molecule has 1 aliphatic heterocycles. The Labute approximate surface area is 162 Å². The van der Waals surface area contributed by atoms with Crippen molar-refractivity contribution in [1.82, 2.24) is 4.90 Å². The molecule has 0 saturated carbocycles. The van der Waals surface area contributed by atoms with E-state index in [1.807, 2.05) is 61.5 Å². The van der Waals surface area contributed by atoms with Crippen LogP contribution in [0.3, 0.4) is 0 Å². The predicted molar refractivity (Wildman–Crippen MR) is 109 cm³/mol. The molecule has 0 aliphatic carbocycles. The number of nitrogens with zero attached hydrogens (tertiary/aromatic N) is 1. The van der Waals surface area contributed by atoms with Crippen molar-refractivity contribution in [1.29, 1.82) is 0 Å². The van der Waals surface area contributed by atoms with Gasteiger partial charge in [-0.3, -0.25) is 9.69 Å². The number of methoxy groups -OCH3 is 1. The van der Waals surface area contributed by atoms with Crippen molar-refractivity contribution in [2.75, 3.05) is 14.2 Å². The summed E-state index contributed by atoms with van der Waals surface area (Å²) in [5, 5.41) is 0. The number of amides is 1. The predicted octanol–water partition coefficient (Wildman–Crippen LogP) is 4.67. The summed E-state index contributed by atoms with van der Waals surface area (Å²) in [7, 11) is 3.28. The zero-order valence-corrected chi connectivity index (χ0v) is 16.4. The minimum atomic E-state index is -0.104. The molecule has 4 nitrogen and oxygen atoms in total. The number of hydrogen-bond donors (Lipinski definition) is 0. The van der Waals surface area contributed by atoms with E-state index in [1.165, 1.54) is 16.7 Å². The van der Waals surface area contributed by atoms with Gasteiger partial charge < -0.3 is 9.47 Å². The number of carbonyl (C=O) groups is 1. The average molecular weight is 386 g/mol. The van der Waals surface area contributed by atoms with Crippen LogP contribution in [0, 0.1) is 0 Å². The molecular formula is C20H19NO3S2. The molecule has 26 heavy (non-hydrogen) atoms. The highest BCUT2D eigenvalue weighted by Gasteiger charge is 2.28. The Balaban J connectivity index is 1.82. The van der Waals surface area contributed by atoms with Crippen LogP contribution in [0.1, 0.15) is 24.2 Å². The summed E-state index contributed by atoms with van der Waals surface area (Å²) in [5.41, 5.74) is 1.95. The van der Waals surface area contributed by atoms with Crippen molar-refractivity contribution < 1.29 is 14.3 Å². The maximum Gasteiger partial charge on any atom is 0.265 e. The number of thiocarbonyl (C=S) groups is 1. The first kappa shape index (κ1) is 18.5. The van der Waals surface area contributed by atoms with E-state index in [-0.39, 0.29) is 12.0 Å². The summed E-state index contributed by atoms with van der Waals surface area (Å²) in [5.74, 6) is 1.19. The van der Waals surface area contributed by atoms with Gasteiger partial charge in [0.05, 0.1) is 12.0 Å². The van der Waals surface area contributed by atoms with E-state index >= 15 is 0 Å². The van der Waals surface area contributed by atoms with E-state index in [0.29, 0.717) is 20.7 Å². The molecule has 0 aromatic heterocycles. The summed E-state index contributed by atoms with van der Waals surface area (Å²) >= 11 is 6.46. The van der Waals surface area contributed by atoms with Crippen LogP contribution in [0.5, 0.6) is 11.5 Å². The minimum absolute atomic E-state index is 0.0861. The normalized spacial score (nSPS) is 16.9. The Hall–Kier alpha value is -2.31. The van der Waals surface area contributed by atoms with Gasteiger partial charge in [-0.15, -0.1) is 0 Å². The number of rotatable bonds is 5. The van der Waals surface area contributed by atoms with E-state index < -0.39 is 0 Å². The first-order chi connectivity index (χ1) is 12.5. The Bertz CT molecular complexity index is 865. The molecule has 1 saturated heterocycles. The van der Waals surface area contributed by atoms with Crippen LogP contribution in [0.15, 0.2) is 53.4 Å². The number of benzene rings is 2. The highest BCUT2D eigenvalue weighted by Crippen LogP contribution is 2.35. The Morgan fingerprint density at radius 1 is 1.15 bits per heavy atom. The quantitative estimate of drug-likeness (QED) is 0.553. The van der Waals surface area contributed by atoms with Gasteiger partial charge in [0.15, 0.2) is 11.5 Å². The highest BCUT2D eigenvalue weighted by molar-refractivity contribution is 8.26. The summed E-state index contributed by atoms with van der Waals surface area (Å²) in [6, 6.07) is 15.6. The van der Waals surface area contributed by atoms with E-state index in [1.54, 1.807) is 14.2 Å². The fourth-order valence-electron chi connectivity index (χ4n) is 2.55. The molecule has 2 aromatic rings. The van der Waals surface area contributed by atoms with Crippen LogP contribution < -0.4 is 9.47 Å². The molecule has 1 amide bonds. The van der Waals surface area contributed by atoms with E-state index in [0.717, 1.165) is 11.1 Å². The van der Waals surface area contributed by atoms with Crippen molar-refractivity contribution in [2.45, 2.75) is 13.0 Å². The molecule has 0 N–H and O–H groups in total. The molecule has 1 aliphatic rings. The van der Waals surface area contributed by atoms with Crippen molar-refractivity contribution >= 4 is 40.3 Å². The van der Waals surface area contributed by atoms with Crippen LogP contribution in [0.2, 0.25) is 0 Å². The standard InChI is InChI=1S/C20H19NO3S2/c1-13(15-7-5-4-6-8-15)24-16-10-9-14(11-17(16)23-3)12-18-19(22)21(2)20(25)26-18/h4-13H,1-3H3/b18-12-/t13-/m0/s1. The van der Waals surface area contributed by atoms with Gasteiger partial charge in [0.1, 0.15) is 10.4 Å². The second-order valence-corrected chi connectivity index (χ2v) is 7.50. The lowest BCUT2D eigenvalue weighted by molar-refractivity contribution is -0.121. The van der Waals surface area contributed by atoms with Crippen LogP contribution in [0.4, 0.5) is 0 Å². The first-order valence-electron chi connectivity index (χ1n) is 8.11. The average Bonchev–Trinajstić information content (AvgIpc) is 2.90. The minimum Gasteiger partial charge on any atom is -0.493 e. The van der Waals surface area contributed by atoms with Crippen molar-refractivity contribution in [3.8, 4) is 11.5 Å². The molecule has 6 heteroatoms. The SMILES string of the molecule is COc1cc(/C=C2\SC(=S)N(C)C2=O)ccc1O[C@@H](C)c1ccccc1. The van der Waals surface area contributed by atoms with Gasteiger partial charge in [0.2, 0.25) is 0 Å². The summed E-state index contributed by atoms with van der Waals surface area (Å²) in [6.07, 6.45) is 1.71. The molecule has 0 bridgehead atoms. The zero-order chi connectivity index (χ0) is 18.7. The molecule has 0 spiro atoms. The number of carbonyl (C=O) groups excluding carboxylic acids is 1. The third-order valence-electron chi connectivity index (χ3n) is 4.04. The Morgan fingerprint density at radius 2 is 1.88 bits per heavy atom. The van der Waals surface area contributed by atoms with Gasteiger partial charge in [-0.25, -0.2) is 0 Å². The fraction of sp³-hybridized carbons (Fsp3) is 0.200. The Kier molecular flexibility index (Phi) is 5.64. The molecule has 1 atom stereocenters. The topological polar surface area (TPSA) is 38.8 Å². The van der Waals surface area contributed by atoms with Gasteiger partial charge in [0.25, 0.3) is 5.91 Å². The fourth-order valence-corrected chi connectivity index (χ4v) is 3.73. The zero-order valence-electron chi connectivity index (χ0n) is 14.8. The summed E-state index contributed by atoms with van der Waals surface area (Å²) < 4.78 is 12.1. The van der Waals surface area contributed by atoms with Crippen molar-refractivity contribution in [3.05, 3.63) is 64.6 Å². The largest absolute Gasteiger partial charge is 0.493 e. The molecule has 134 valence electrons. The van der Waals surface area contributed by atoms with E-state index in [4.69, 9.17) is 21.7 Å². The smallest absolute Gasteiger partial charge is 0.265 e. The molecule has 2 aromatic carbocycles. The van der Waals surface area contributed by atoms with Gasteiger partial charge >= 0.3 is 0 Å². The number of hydrogen-bond acceptors (Lipinski definition) is 5. The maximum absolute atomic E-state index is 12.1. The summed E-state index contributed by atoms with van der Waals surface area (Å²) in [4.78, 5) is 14.2. The molecule has 3 rings (SSSR count). The second kappa shape index (κ2) is 7.93. The van der Waals surface area contributed by atoms with Crippen molar-refractivity contribution in [3.63, 3.8) is 0 Å². The molecule has 1 fully saturated rings. The maximum atomic E-state index is 12.1. The van der Waals surface area contributed by atoms with Crippen LogP contribution in [0.25, 0.3) is 6.08 Å². The van der Waals surface area contributed by atoms with Gasteiger partial charge in [0, 0.05) is 7.05 Å². The van der Waals surface area contributed by atoms with Gasteiger partial charge in [-0.1, -0.05) is 60.4 Å². The summed E-state index contributed by atoms with van der Waals surface area (Å²) in [6.45, 7) is 2.00. The van der Waals surface area contributed by atoms with Crippen LogP contribution in [-0.2, 0) is 4.79 Å². The van der Waals surface area contributed by atoms with Crippen molar-refractivity contribution in [2.24, 2.45) is 0 Å². The number of likely N-dealkylation sites (N-methyl/N-ethyl adjacent to an activating group) is 1. The van der Waals surface area contributed by atoms with Gasteiger partial charge in [-0.05, 0) is 36.3 Å². The monoisotopic (exact) mass is 385 g/mol. The third-order valence-corrected chi connectivity index (χ3v) is 5.53. The second-order valence-electron chi connectivity index (χ2n) is 5.82. The number of thioether (sulfide) groups is 1. The van der Waals surface area contributed by atoms with E-state index in [9.17, 15) is 4.79 Å². The molecule has 0 unspecified atom stereocenters. The lowest BCUT2D eigenvalue weighted by atomic mass is 10.1. The highest BCUT2D eigenvalue weighted by atomic mass is 32.2. The Morgan fingerprint density at radius 3 is 2.50 bits per heavy atom. The van der Waals surface area contributed by atoms with Gasteiger partial charge in [-0.2, -0.15) is 0 Å². The molecular weight excluding hydrogens is 366 g/mol. The third kappa shape index (κ3) is 3.92.